The molecule has 1 saturated carbocycles. The van der Waals surface area contributed by atoms with E-state index >= 15 is 0 Å². The molecule has 24 heavy (non-hydrogen) atoms. The maximum absolute atomic E-state index is 4.69. The number of hydrogen-bond acceptors (Lipinski definition) is 2. The van der Waals surface area contributed by atoms with Crippen LogP contribution in [-0.4, -0.2) is 18.3 Å². The fourth-order valence-corrected chi connectivity index (χ4v) is 4.48. The van der Waals surface area contributed by atoms with Crippen molar-refractivity contribution in [2.24, 2.45) is 4.99 Å². The summed E-state index contributed by atoms with van der Waals surface area (Å²) in [4.78, 5) is 6.95. The van der Waals surface area contributed by atoms with Gasteiger partial charge in [0, 0.05) is 12.6 Å². The smallest absolute Gasteiger partial charge is 0.0919 e. The van der Waals surface area contributed by atoms with Crippen molar-refractivity contribution in [1.82, 2.24) is 4.90 Å². The van der Waals surface area contributed by atoms with Crippen LogP contribution in [0.25, 0.3) is 0 Å². The Balaban J connectivity index is 1.89. The van der Waals surface area contributed by atoms with Crippen LogP contribution in [-0.2, 0) is 5.54 Å². The summed E-state index contributed by atoms with van der Waals surface area (Å²) >= 11 is 0. The van der Waals surface area contributed by atoms with Gasteiger partial charge in [0.05, 0.1) is 17.6 Å². The molecule has 1 aliphatic heterocycles. The lowest BCUT2D eigenvalue weighted by Gasteiger charge is -2.43. The third kappa shape index (κ3) is 2.28. The Morgan fingerprint density at radius 3 is 2.54 bits per heavy atom. The lowest BCUT2D eigenvalue weighted by molar-refractivity contribution is 0.290. The molecule has 124 valence electrons. The van der Waals surface area contributed by atoms with Gasteiger partial charge in [-0.15, -0.1) is 0 Å². The average molecular weight is 318 g/mol. The SMILES string of the molecule is Cc1ccccc1C1(C)c2cc(C3CCCC3)ccc2N=CN1C. The summed E-state index contributed by atoms with van der Waals surface area (Å²) in [5.74, 6) is 0.729. The lowest BCUT2D eigenvalue weighted by Crippen LogP contribution is -2.43. The van der Waals surface area contributed by atoms with Crippen LogP contribution in [0.15, 0.2) is 47.5 Å². The third-order valence-corrected chi connectivity index (χ3v) is 6.12. The van der Waals surface area contributed by atoms with E-state index in [9.17, 15) is 0 Å². The van der Waals surface area contributed by atoms with Crippen molar-refractivity contribution in [2.45, 2.75) is 51.0 Å². The number of rotatable bonds is 2. The van der Waals surface area contributed by atoms with E-state index in [1.54, 1.807) is 0 Å². The largest absolute Gasteiger partial charge is 0.352 e. The van der Waals surface area contributed by atoms with E-state index in [1.807, 2.05) is 6.34 Å². The molecule has 0 N–H and O–H groups in total. The molecular formula is C22H26N2. The van der Waals surface area contributed by atoms with Crippen LogP contribution in [0.4, 0.5) is 5.69 Å². The number of aliphatic imine (C=N–C) groups is 1. The molecule has 4 rings (SSSR count). The van der Waals surface area contributed by atoms with Crippen LogP contribution < -0.4 is 0 Å². The summed E-state index contributed by atoms with van der Waals surface area (Å²) < 4.78 is 0. The molecule has 2 nitrogen and oxygen atoms in total. The topological polar surface area (TPSA) is 15.6 Å². The fraction of sp³-hybridized carbons (Fsp3) is 0.409. The zero-order chi connectivity index (χ0) is 16.7. The van der Waals surface area contributed by atoms with Gasteiger partial charge in [0.1, 0.15) is 0 Å². The fourth-order valence-electron chi connectivity index (χ4n) is 4.48. The molecule has 2 aromatic rings. The summed E-state index contributed by atoms with van der Waals surface area (Å²) in [7, 11) is 2.14. The highest BCUT2D eigenvalue weighted by atomic mass is 15.2. The number of nitrogens with zero attached hydrogens (tertiary/aromatic N) is 2. The molecule has 1 aliphatic carbocycles. The highest BCUT2D eigenvalue weighted by Crippen LogP contribution is 2.45. The van der Waals surface area contributed by atoms with Crippen LogP contribution in [0, 0.1) is 6.92 Å². The molecule has 0 aromatic heterocycles. The first kappa shape index (κ1) is 15.4. The van der Waals surface area contributed by atoms with Crippen molar-refractivity contribution in [1.29, 1.82) is 0 Å². The number of aryl methyl sites for hydroxylation is 1. The van der Waals surface area contributed by atoms with Crippen LogP contribution in [0.2, 0.25) is 0 Å². The minimum Gasteiger partial charge on any atom is -0.352 e. The van der Waals surface area contributed by atoms with Crippen molar-refractivity contribution in [2.75, 3.05) is 7.05 Å². The van der Waals surface area contributed by atoms with Gasteiger partial charge in [-0.2, -0.15) is 0 Å². The Morgan fingerprint density at radius 2 is 1.79 bits per heavy atom. The summed E-state index contributed by atoms with van der Waals surface area (Å²) in [6, 6.07) is 15.7. The van der Waals surface area contributed by atoms with Gasteiger partial charge in [-0.3, -0.25) is 0 Å². The van der Waals surface area contributed by atoms with Crippen LogP contribution in [0.3, 0.4) is 0 Å². The molecule has 0 bridgehead atoms. The lowest BCUT2D eigenvalue weighted by atomic mass is 9.78. The number of fused-ring (bicyclic) bond motifs is 1. The minimum atomic E-state index is -0.170. The second-order valence-electron chi connectivity index (χ2n) is 7.50. The second-order valence-corrected chi connectivity index (χ2v) is 7.50. The standard InChI is InChI=1S/C22H26N2/c1-16-8-4-7-11-19(16)22(2)20-14-18(17-9-5-6-10-17)12-13-21(20)23-15-24(22)3/h4,7-8,11-15,17H,5-6,9-10H2,1-3H3. The first-order valence-corrected chi connectivity index (χ1v) is 9.08. The molecule has 1 atom stereocenters. The van der Waals surface area contributed by atoms with Gasteiger partial charge in [0.25, 0.3) is 0 Å². The van der Waals surface area contributed by atoms with E-state index in [2.05, 4.69) is 68.3 Å². The van der Waals surface area contributed by atoms with Crippen molar-refractivity contribution in [3.8, 4) is 0 Å². The highest BCUT2D eigenvalue weighted by molar-refractivity contribution is 5.72. The predicted molar refractivity (Wildman–Crippen MR) is 101 cm³/mol. The zero-order valence-corrected chi connectivity index (χ0v) is 14.9. The Morgan fingerprint density at radius 1 is 1.04 bits per heavy atom. The van der Waals surface area contributed by atoms with Gasteiger partial charge in [0.2, 0.25) is 0 Å². The Kier molecular flexibility index (Phi) is 3.71. The minimum absolute atomic E-state index is 0.170. The highest BCUT2D eigenvalue weighted by Gasteiger charge is 2.38. The summed E-state index contributed by atoms with van der Waals surface area (Å²) in [6.07, 6.45) is 7.38. The first-order chi connectivity index (χ1) is 11.6. The van der Waals surface area contributed by atoms with Crippen LogP contribution in [0.1, 0.15) is 60.8 Å². The van der Waals surface area contributed by atoms with Gasteiger partial charge >= 0.3 is 0 Å². The summed E-state index contributed by atoms with van der Waals surface area (Å²) in [5, 5.41) is 0. The van der Waals surface area contributed by atoms with E-state index in [-0.39, 0.29) is 5.54 Å². The maximum Gasteiger partial charge on any atom is 0.0919 e. The second kappa shape index (κ2) is 5.77. The predicted octanol–water partition coefficient (Wildman–Crippen LogP) is 5.52. The van der Waals surface area contributed by atoms with E-state index in [1.165, 1.54) is 47.9 Å². The van der Waals surface area contributed by atoms with Crippen molar-refractivity contribution in [3.05, 3.63) is 64.7 Å². The zero-order valence-electron chi connectivity index (χ0n) is 14.9. The summed E-state index contributed by atoms with van der Waals surface area (Å²) in [5.41, 5.74) is 6.48. The van der Waals surface area contributed by atoms with Crippen molar-refractivity contribution < 1.29 is 0 Å². The third-order valence-electron chi connectivity index (χ3n) is 6.12. The molecule has 1 fully saturated rings. The van der Waals surface area contributed by atoms with Crippen LogP contribution >= 0.6 is 0 Å². The number of hydrogen-bond donors (Lipinski definition) is 0. The molecule has 0 radical (unpaired) electrons. The molecule has 2 aromatic carbocycles. The van der Waals surface area contributed by atoms with Gasteiger partial charge in [-0.05, 0) is 55.4 Å². The van der Waals surface area contributed by atoms with Gasteiger partial charge in [-0.1, -0.05) is 49.2 Å². The Labute approximate surface area is 145 Å². The van der Waals surface area contributed by atoms with E-state index in [4.69, 9.17) is 4.99 Å². The number of benzene rings is 2. The molecule has 2 heteroatoms. The van der Waals surface area contributed by atoms with E-state index < -0.39 is 0 Å². The molecule has 0 saturated heterocycles. The van der Waals surface area contributed by atoms with E-state index in [0.29, 0.717) is 0 Å². The van der Waals surface area contributed by atoms with Crippen molar-refractivity contribution in [3.63, 3.8) is 0 Å². The molecule has 1 heterocycles. The molecule has 0 amide bonds. The monoisotopic (exact) mass is 318 g/mol. The molecule has 1 unspecified atom stereocenters. The van der Waals surface area contributed by atoms with Crippen molar-refractivity contribution >= 4 is 12.0 Å². The van der Waals surface area contributed by atoms with E-state index in [0.717, 1.165) is 11.6 Å². The maximum atomic E-state index is 4.69. The molecule has 0 spiro atoms. The van der Waals surface area contributed by atoms with Gasteiger partial charge in [-0.25, -0.2) is 4.99 Å². The normalized spacial score (nSPS) is 23.5. The summed E-state index contributed by atoms with van der Waals surface area (Å²) in [6.45, 7) is 4.54. The van der Waals surface area contributed by atoms with Crippen LogP contribution in [0.5, 0.6) is 0 Å². The van der Waals surface area contributed by atoms with Gasteiger partial charge < -0.3 is 4.90 Å². The average Bonchev–Trinajstić information content (AvgIpc) is 3.13. The molecule has 2 aliphatic rings. The first-order valence-electron chi connectivity index (χ1n) is 9.08. The molecular weight excluding hydrogens is 292 g/mol. The van der Waals surface area contributed by atoms with Gasteiger partial charge in [0.15, 0.2) is 0 Å². The quantitative estimate of drug-likeness (QED) is 0.711. The Bertz CT molecular complexity index is 786. The Hall–Kier alpha value is -2.09.